The van der Waals surface area contributed by atoms with Gasteiger partial charge in [0.1, 0.15) is 0 Å². The van der Waals surface area contributed by atoms with Gasteiger partial charge in [0, 0.05) is 12.4 Å². The van der Waals surface area contributed by atoms with Crippen LogP contribution in [-0.4, -0.2) is 22.9 Å². The Morgan fingerprint density at radius 2 is 2.00 bits per heavy atom. The average Bonchev–Trinajstić information content (AvgIpc) is 2.30. The maximum Gasteiger partial charge on any atom is 0.316 e. The van der Waals surface area contributed by atoms with Gasteiger partial charge in [-0.1, -0.05) is 26.2 Å². The molecule has 1 rings (SSSR count). The average molecular weight is 208 g/mol. The molecule has 4 nitrogen and oxygen atoms in total. The molecule has 0 fully saturated rings. The van der Waals surface area contributed by atoms with E-state index >= 15 is 0 Å². The second kappa shape index (κ2) is 6.92. The van der Waals surface area contributed by atoms with Crippen molar-refractivity contribution < 1.29 is 9.53 Å². The van der Waals surface area contributed by atoms with E-state index < -0.39 is 0 Å². The highest BCUT2D eigenvalue weighted by molar-refractivity contribution is 5.73. The molecule has 1 heterocycles. The monoisotopic (exact) mass is 208 g/mol. The number of ether oxygens (including phenoxy) is 1. The summed E-state index contributed by atoms with van der Waals surface area (Å²) in [5, 5.41) is 0. The van der Waals surface area contributed by atoms with Crippen molar-refractivity contribution in [1.29, 1.82) is 0 Å². The highest BCUT2D eigenvalue weighted by atomic mass is 16.5. The van der Waals surface area contributed by atoms with Crippen molar-refractivity contribution in [3.8, 4) is 6.01 Å². The van der Waals surface area contributed by atoms with Gasteiger partial charge < -0.3 is 4.74 Å². The number of unbranched alkanes of at least 4 members (excludes halogenated alkanes) is 3. The van der Waals surface area contributed by atoms with E-state index in [0.29, 0.717) is 24.5 Å². The Balaban J connectivity index is 2.22. The van der Waals surface area contributed by atoms with Crippen molar-refractivity contribution in [2.45, 2.75) is 32.6 Å². The fourth-order valence-corrected chi connectivity index (χ4v) is 1.15. The first-order valence-corrected chi connectivity index (χ1v) is 5.27. The second-order valence-corrected chi connectivity index (χ2v) is 3.33. The van der Waals surface area contributed by atoms with Crippen LogP contribution in [0.4, 0.5) is 0 Å². The first kappa shape index (κ1) is 11.6. The number of carbonyl (C=O) groups is 1. The van der Waals surface area contributed by atoms with E-state index in [-0.39, 0.29) is 0 Å². The summed E-state index contributed by atoms with van der Waals surface area (Å²) in [7, 11) is 0. The molecule has 0 saturated heterocycles. The number of nitrogens with zero attached hydrogens (tertiary/aromatic N) is 2. The summed E-state index contributed by atoms with van der Waals surface area (Å²) in [6.45, 7) is 2.81. The van der Waals surface area contributed by atoms with E-state index in [4.69, 9.17) is 4.74 Å². The lowest BCUT2D eigenvalue weighted by atomic mass is 10.2. The first-order valence-electron chi connectivity index (χ1n) is 5.27. The second-order valence-electron chi connectivity index (χ2n) is 3.33. The normalized spacial score (nSPS) is 9.93. The van der Waals surface area contributed by atoms with Crippen molar-refractivity contribution in [2.24, 2.45) is 0 Å². The molecule has 0 unspecified atom stereocenters. The molecule has 0 atom stereocenters. The Kier molecular flexibility index (Phi) is 5.37. The standard InChI is InChI=1S/C11H16N2O2/c1-2-3-4-5-6-15-11-12-7-10(9-14)8-13-11/h7-9H,2-6H2,1H3. The van der Waals surface area contributed by atoms with Crippen LogP contribution >= 0.6 is 0 Å². The Hall–Kier alpha value is -1.45. The third kappa shape index (κ3) is 4.54. The zero-order valence-electron chi connectivity index (χ0n) is 8.98. The van der Waals surface area contributed by atoms with Gasteiger partial charge in [0.15, 0.2) is 6.29 Å². The smallest absolute Gasteiger partial charge is 0.316 e. The van der Waals surface area contributed by atoms with E-state index in [0.717, 1.165) is 6.42 Å². The summed E-state index contributed by atoms with van der Waals surface area (Å²) in [6.07, 6.45) is 8.27. The van der Waals surface area contributed by atoms with Gasteiger partial charge >= 0.3 is 6.01 Å². The molecular weight excluding hydrogens is 192 g/mol. The largest absolute Gasteiger partial charge is 0.463 e. The highest BCUT2D eigenvalue weighted by Gasteiger charge is 1.97. The predicted octanol–water partition coefficient (Wildman–Crippen LogP) is 2.25. The molecule has 15 heavy (non-hydrogen) atoms. The van der Waals surface area contributed by atoms with Crippen LogP contribution in [0.15, 0.2) is 12.4 Å². The van der Waals surface area contributed by atoms with Gasteiger partial charge in [0.25, 0.3) is 0 Å². The summed E-state index contributed by atoms with van der Waals surface area (Å²) in [5.74, 6) is 0. The minimum atomic E-state index is 0.345. The maximum absolute atomic E-state index is 10.3. The number of hydrogen-bond donors (Lipinski definition) is 0. The van der Waals surface area contributed by atoms with Crippen LogP contribution in [-0.2, 0) is 0 Å². The SMILES string of the molecule is CCCCCCOc1ncc(C=O)cn1. The summed E-state index contributed by atoms with van der Waals surface area (Å²) < 4.78 is 5.31. The predicted molar refractivity (Wildman–Crippen MR) is 57.1 cm³/mol. The number of rotatable bonds is 7. The molecule has 1 aromatic heterocycles. The summed E-state index contributed by atoms with van der Waals surface area (Å²) >= 11 is 0. The lowest BCUT2D eigenvalue weighted by Crippen LogP contribution is -2.01. The van der Waals surface area contributed by atoms with Gasteiger partial charge in [-0.15, -0.1) is 0 Å². The molecule has 0 N–H and O–H groups in total. The summed E-state index contributed by atoms with van der Waals surface area (Å²) in [5.41, 5.74) is 0.466. The Bertz CT molecular complexity index is 285. The minimum Gasteiger partial charge on any atom is -0.463 e. The van der Waals surface area contributed by atoms with Gasteiger partial charge in [0.2, 0.25) is 0 Å². The number of hydrogen-bond acceptors (Lipinski definition) is 4. The molecule has 0 spiro atoms. The van der Waals surface area contributed by atoms with E-state index in [1.807, 2.05) is 0 Å². The van der Waals surface area contributed by atoms with Crippen molar-refractivity contribution in [3.63, 3.8) is 0 Å². The first-order chi connectivity index (χ1) is 7.36. The van der Waals surface area contributed by atoms with Gasteiger partial charge in [-0.05, 0) is 6.42 Å². The van der Waals surface area contributed by atoms with Crippen molar-refractivity contribution >= 4 is 6.29 Å². The Labute approximate surface area is 89.7 Å². The van der Waals surface area contributed by atoms with E-state index in [2.05, 4.69) is 16.9 Å². The van der Waals surface area contributed by atoms with Crippen molar-refractivity contribution in [3.05, 3.63) is 18.0 Å². The zero-order chi connectivity index (χ0) is 10.9. The van der Waals surface area contributed by atoms with Crippen LogP contribution in [0, 0.1) is 0 Å². The van der Waals surface area contributed by atoms with Crippen LogP contribution < -0.4 is 4.74 Å². The quantitative estimate of drug-likeness (QED) is 0.509. The molecule has 1 aromatic rings. The lowest BCUT2D eigenvalue weighted by Gasteiger charge is -2.03. The highest BCUT2D eigenvalue weighted by Crippen LogP contribution is 2.03. The molecule has 0 saturated carbocycles. The third-order valence-corrected chi connectivity index (χ3v) is 2.01. The molecule has 0 aromatic carbocycles. The van der Waals surface area contributed by atoms with Gasteiger partial charge in [-0.2, -0.15) is 0 Å². The lowest BCUT2D eigenvalue weighted by molar-refractivity contribution is 0.112. The summed E-state index contributed by atoms with van der Waals surface area (Å²) in [6, 6.07) is 0.345. The maximum atomic E-state index is 10.3. The number of aldehydes is 1. The third-order valence-electron chi connectivity index (χ3n) is 2.01. The Morgan fingerprint density at radius 3 is 2.60 bits per heavy atom. The molecule has 0 aliphatic heterocycles. The van der Waals surface area contributed by atoms with E-state index in [1.54, 1.807) is 0 Å². The molecule has 82 valence electrons. The van der Waals surface area contributed by atoms with Crippen LogP contribution in [0.2, 0.25) is 0 Å². The van der Waals surface area contributed by atoms with E-state index in [1.165, 1.54) is 31.7 Å². The molecule has 0 bridgehead atoms. The molecule has 4 heteroatoms. The minimum absolute atomic E-state index is 0.345. The fourth-order valence-electron chi connectivity index (χ4n) is 1.15. The fraction of sp³-hybridized carbons (Fsp3) is 0.545. The van der Waals surface area contributed by atoms with Crippen LogP contribution in [0.5, 0.6) is 6.01 Å². The molecule has 0 aliphatic rings. The summed E-state index contributed by atoms with van der Waals surface area (Å²) in [4.78, 5) is 18.1. The van der Waals surface area contributed by atoms with Gasteiger partial charge in [0.05, 0.1) is 12.2 Å². The number of aromatic nitrogens is 2. The van der Waals surface area contributed by atoms with Crippen molar-refractivity contribution in [2.75, 3.05) is 6.61 Å². The number of carbonyl (C=O) groups excluding carboxylic acids is 1. The van der Waals surface area contributed by atoms with Gasteiger partial charge in [-0.25, -0.2) is 9.97 Å². The van der Waals surface area contributed by atoms with Crippen molar-refractivity contribution in [1.82, 2.24) is 9.97 Å². The molecular formula is C11H16N2O2. The van der Waals surface area contributed by atoms with E-state index in [9.17, 15) is 4.79 Å². The molecule has 0 radical (unpaired) electrons. The van der Waals surface area contributed by atoms with Gasteiger partial charge in [-0.3, -0.25) is 4.79 Å². The van der Waals surface area contributed by atoms with Crippen LogP contribution in [0.3, 0.4) is 0 Å². The molecule has 0 amide bonds. The topological polar surface area (TPSA) is 52.1 Å². The Morgan fingerprint density at radius 1 is 1.27 bits per heavy atom. The zero-order valence-corrected chi connectivity index (χ0v) is 8.98. The van der Waals surface area contributed by atoms with Crippen LogP contribution in [0.25, 0.3) is 0 Å². The molecule has 0 aliphatic carbocycles. The van der Waals surface area contributed by atoms with Crippen LogP contribution in [0.1, 0.15) is 43.0 Å².